The fourth-order valence-electron chi connectivity index (χ4n) is 4.04. The Morgan fingerprint density at radius 2 is 0.587 bits per heavy atom. The van der Waals surface area contributed by atoms with Crippen molar-refractivity contribution in [3.63, 3.8) is 0 Å². The van der Waals surface area contributed by atoms with Crippen molar-refractivity contribution >= 4 is 17.1 Å². The molecule has 3 aromatic carbocycles. The molecule has 9 nitrogen and oxygen atoms in total. The van der Waals surface area contributed by atoms with Gasteiger partial charge in [-0.15, -0.1) is 0 Å². The SMILES string of the molecule is [La+3].[O-]N=C(c1ccccc1)c1ccccn1.[O-]N=C(c1ccccc1)c1ccccn1.[O-]N=C(c1ccccc1)c1ccccn1. The van der Waals surface area contributed by atoms with Crippen LogP contribution in [-0.4, -0.2) is 32.1 Å². The van der Waals surface area contributed by atoms with Crippen molar-refractivity contribution in [2.45, 2.75) is 0 Å². The van der Waals surface area contributed by atoms with E-state index in [0.29, 0.717) is 34.2 Å². The molecule has 0 N–H and O–H groups in total. The summed E-state index contributed by atoms with van der Waals surface area (Å²) in [6, 6.07) is 44.1. The maximum Gasteiger partial charge on any atom is 3.00 e. The maximum absolute atomic E-state index is 10.8. The largest absolute Gasteiger partial charge is 3.00 e. The number of nitrogens with zero attached hydrogens (tertiary/aromatic N) is 6. The molecule has 0 spiro atoms. The molecule has 0 aliphatic carbocycles. The number of pyridine rings is 3. The van der Waals surface area contributed by atoms with Crippen molar-refractivity contribution in [3.05, 3.63) is 214 Å². The summed E-state index contributed by atoms with van der Waals surface area (Å²) in [5.41, 5.74) is 5.25. The summed E-state index contributed by atoms with van der Waals surface area (Å²) < 4.78 is 0. The van der Waals surface area contributed by atoms with Crippen molar-refractivity contribution in [1.29, 1.82) is 0 Å². The van der Waals surface area contributed by atoms with Crippen molar-refractivity contribution < 1.29 is 35.6 Å². The molecule has 0 radical (unpaired) electrons. The topological polar surface area (TPSA) is 145 Å². The number of rotatable bonds is 6. The van der Waals surface area contributed by atoms with E-state index in [-0.39, 0.29) is 35.6 Å². The zero-order valence-electron chi connectivity index (χ0n) is 24.6. The van der Waals surface area contributed by atoms with Crippen molar-refractivity contribution in [2.24, 2.45) is 15.5 Å². The van der Waals surface area contributed by atoms with Crippen molar-refractivity contribution in [3.8, 4) is 0 Å². The van der Waals surface area contributed by atoms with E-state index in [4.69, 9.17) is 0 Å². The fourth-order valence-corrected chi connectivity index (χ4v) is 4.04. The van der Waals surface area contributed by atoms with Crippen LogP contribution in [0.25, 0.3) is 0 Å². The van der Waals surface area contributed by atoms with Gasteiger partial charge in [0.2, 0.25) is 0 Å². The van der Waals surface area contributed by atoms with Gasteiger partial charge in [0.15, 0.2) is 0 Å². The molecule has 0 saturated carbocycles. The van der Waals surface area contributed by atoms with Gasteiger partial charge in [0.05, 0.1) is 34.2 Å². The Bertz CT molecular complexity index is 1450. The van der Waals surface area contributed by atoms with Crippen LogP contribution in [0.4, 0.5) is 0 Å². The van der Waals surface area contributed by atoms with Gasteiger partial charge in [-0.05, 0) is 36.4 Å². The van der Waals surface area contributed by atoms with Gasteiger partial charge in [0.1, 0.15) is 0 Å². The van der Waals surface area contributed by atoms with Crippen molar-refractivity contribution in [1.82, 2.24) is 15.0 Å². The number of hydrogen-bond acceptors (Lipinski definition) is 9. The van der Waals surface area contributed by atoms with Gasteiger partial charge in [0.25, 0.3) is 0 Å². The first kappa shape index (κ1) is 35.2. The Morgan fingerprint density at radius 3 is 0.783 bits per heavy atom. The molecular formula is C36H27LaN6O3. The van der Waals surface area contributed by atoms with Crippen LogP contribution < -0.4 is 0 Å². The molecule has 6 rings (SSSR count). The Morgan fingerprint density at radius 1 is 0.348 bits per heavy atom. The molecule has 0 bridgehead atoms. The summed E-state index contributed by atoms with van der Waals surface area (Å²) in [6.45, 7) is 0. The minimum Gasteiger partial charge on any atom is -0.791 e. The molecule has 10 heteroatoms. The Hall–Kier alpha value is -5.29. The van der Waals surface area contributed by atoms with Crippen LogP contribution in [0.5, 0.6) is 0 Å². The van der Waals surface area contributed by atoms with E-state index in [1.165, 1.54) is 0 Å². The summed E-state index contributed by atoms with van der Waals surface area (Å²) in [4.78, 5) is 12.3. The van der Waals surface area contributed by atoms with Gasteiger partial charge in [-0.25, -0.2) is 0 Å². The second kappa shape index (κ2) is 19.9. The first-order valence-electron chi connectivity index (χ1n) is 13.8. The summed E-state index contributed by atoms with van der Waals surface area (Å²) in [5.74, 6) is 0. The van der Waals surface area contributed by atoms with Crippen LogP contribution in [0, 0.1) is 51.2 Å². The molecule has 0 saturated heterocycles. The molecule has 0 aliphatic heterocycles. The van der Waals surface area contributed by atoms with E-state index in [1.54, 1.807) is 55.0 Å². The Balaban J connectivity index is 0.000000186. The second-order valence-corrected chi connectivity index (χ2v) is 9.06. The quantitative estimate of drug-likeness (QED) is 0.130. The van der Waals surface area contributed by atoms with Crippen LogP contribution in [0.1, 0.15) is 33.8 Å². The number of benzene rings is 3. The monoisotopic (exact) mass is 730 g/mol. The van der Waals surface area contributed by atoms with Crippen LogP contribution in [-0.2, 0) is 0 Å². The predicted molar refractivity (Wildman–Crippen MR) is 179 cm³/mol. The summed E-state index contributed by atoms with van der Waals surface area (Å²) in [7, 11) is 0. The average molecular weight is 731 g/mol. The first-order valence-corrected chi connectivity index (χ1v) is 13.8. The maximum atomic E-state index is 10.8. The summed E-state index contributed by atoms with van der Waals surface area (Å²) in [5, 5.41) is 41.4. The molecule has 0 fully saturated rings. The van der Waals surface area contributed by atoms with Crippen LogP contribution in [0.15, 0.2) is 180 Å². The van der Waals surface area contributed by atoms with Crippen LogP contribution in [0.2, 0.25) is 0 Å². The molecule has 6 aromatic rings. The average Bonchev–Trinajstić information content (AvgIpc) is 3.13. The smallest absolute Gasteiger partial charge is 0.791 e. The summed E-state index contributed by atoms with van der Waals surface area (Å²) >= 11 is 0. The molecule has 222 valence electrons. The molecule has 0 amide bonds. The standard InChI is InChI=1S/3C12H10N2O.La/c3*15-14-12(10-6-2-1-3-7-10)11-8-4-5-9-13-11;/h3*1-9,15H;/q;;;+3/p-3. The third kappa shape index (κ3) is 10.4. The molecular weight excluding hydrogens is 703 g/mol. The van der Waals surface area contributed by atoms with E-state index in [9.17, 15) is 15.6 Å². The predicted octanol–water partition coefficient (Wildman–Crippen LogP) is 7.25. The third-order valence-corrected chi connectivity index (χ3v) is 6.14. The molecule has 3 aromatic heterocycles. The molecule has 3 heterocycles. The zero-order valence-corrected chi connectivity index (χ0v) is 28.2. The van der Waals surface area contributed by atoms with Gasteiger partial charge < -0.3 is 31.1 Å². The van der Waals surface area contributed by atoms with E-state index in [1.807, 2.05) is 109 Å². The third-order valence-electron chi connectivity index (χ3n) is 6.14. The van der Waals surface area contributed by atoms with E-state index in [2.05, 4.69) is 30.4 Å². The van der Waals surface area contributed by atoms with E-state index in [0.717, 1.165) is 16.7 Å². The summed E-state index contributed by atoms with van der Waals surface area (Å²) in [6.07, 6.45) is 4.93. The van der Waals surface area contributed by atoms with Gasteiger partial charge in [-0.2, -0.15) is 0 Å². The van der Waals surface area contributed by atoms with E-state index >= 15 is 0 Å². The minimum absolute atomic E-state index is 0. The second-order valence-electron chi connectivity index (χ2n) is 9.06. The van der Waals surface area contributed by atoms with Gasteiger partial charge >= 0.3 is 35.6 Å². The number of hydrogen-bond donors (Lipinski definition) is 0. The van der Waals surface area contributed by atoms with Crippen molar-refractivity contribution in [2.75, 3.05) is 0 Å². The molecule has 0 atom stereocenters. The van der Waals surface area contributed by atoms with E-state index < -0.39 is 0 Å². The Labute approximate surface area is 295 Å². The molecule has 46 heavy (non-hydrogen) atoms. The molecule has 0 aliphatic rings. The first-order chi connectivity index (χ1) is 22.2. The molecule has 0 unspecified atom stereocenters. The van der Waals surface area contributed by atoms with Crippen LogP contribution >= 0.6 is 0 Å². The number of aromatic nitrogens is 3. The van der Waals surface area contributed by atoms with Gasteiger partial charge in [-0.3, -0.25) is 15.0 Å². The van der Waals surface area contributed by atoms with Crippen LogP contribution in [0.3, 0.4) is 0 Å². The zero-order chi connectivity index (χ0) is 31.5. The van der Waals surface area contributed by atoms with Gasteiger partial charge in [0, 0.05) is 35.3 Å². The fraction of sp³-hybridized carbons (Fsp3) is 0. The Kier molecular flexibility index (Phi) is 15.2. The minimum atomic E-state index is 0. The van der Waals surface area contributed by atoms with Gasteiger partial charge in [-0.1, -0.05) is 109 Å². The normalized spacial score (nSPS) is 11.1.